The predicted molar refractivity (Wildman–Crippen MR) is 96.6 cm³/mol. The van der Waals surface area contributed by atoms with Crippen molar-refractivity contribution in [2.24, 2.45) is 0 Å². The van der Waals surface area contributed by atoms with Crippen LogP contribution in [0.4, 0.5) is 4.79 Å². The van der Waals surface area contributed by atoms with Crippen LogP contribution in [0.2, 0.25) is 0 Å². The summed E-state index contributed by atoms with van der Waals surface area (Å²) in [5.41, 5.74) is 1.85. The van der Waals surface area contributed by atoms with Gasteiger partial charge in [0.05, 0.1) is 29.2 Å². The highest BCUT2D eigenvalue weighted by molar-refractivity contribution is 5.67. The highest BCUT2D eigenvalue weighted by Crippen LogP contribution is 2.12. The molecule has 0 atom stereocenters. The number of nitriles is 1. The molecule has 2 rings (SSSR count). The van der Waals surface area contributed by atoms with Crippen molar-refractivity contribution in [1.29, 1.82) is 5.26 Å². The SMILES string of the molecule is CN(CCNC(=O)OC(C)(C)C)Cc1cnnn1-c1ccc(C#N)cc1. The molecule has 1 amide bonds. The number of aromatic nitrogens is 3. The molecule has 0 aliphatic carbocycles. The van der Waals surface area contributed by atoms with Gasteiger partial charge in [-0.1, -0.05) is 5.21 Å². The molecule has 1 heterocycles. The fraction of sp³-hybridized carbons (Fsp3) is 0.444. The van der Waals surface area contributed by atoms with Gasteiger partial charge in [-0.3, -0.25) is 4.90 Å². The Bertz CT molecular complexity index is 770. The molecule has 2 aromatic rings. The van der Waals surface area contributed by atoms with Crippen molar-refractivity contribution in [2.75, 3.05) is 20.1 Å². The maximum absolute atomic E-state index is 11.6. The van der Waals surface area contributed by atoms with Crippen molar-refractivity contribution in [3.63, 3.8) is 0 Å². The Morgan fingerprint density at radius 3 is 2.65 bits per heavy atom. The number of likely N-dealkylation sites (N-methyl/N-ethyl adjacent to an activating group) is 1. The first-order valence-electron chi connectivity index (χ1n) is 8.34. The molecular weight excluding hydrogens is 332 g/mol. The van der Waals surface area contributed by atoms with Gasteiger partial charge in [-0.15, -0.1) is 5.10 Å². The van der Waals surface area contributed by atoms with Gasteiger partial charge in [-0.05, 0) is 52.1 Å². The van der Waals surface area contributed by atoms with Crippen LogP contribution in [-0.4, -0.2) is 51.7 Å². The number of benzene rings is 1. The van der Waals surface area contributed by atoms with E-state index in [4.69, 9.17) is 10.00 Å². The van der Waals surface area contributed by atoms with Gasteiger partial charge in [0.1, 0.15) is 5.60 Å². The lowest BCUT2D eigenvalue weighted by atomic mass is 10.2. The molecule has 0 saturated carbocycles. The topological polar surface area (TPSA) is 96.1 Å². The molecule has 8 heteroatoms. The second kappa shape index (κ2) is 8.45. The summed E-state index contributed by atoms with van der Waals surface area (Å²) in [4.78, 5) is 13.7. The quantitative estimate of drug-likeness (QED) is 0.851. The van der Waals surface area contributed by atoms with Crippen LogP contribution in [0.3, 0.4) is 0 Å². The van der Waals surface area contributed by atoms with Crippen molar-refractivity contribution in [3.8, 4) is 11.8 Å². The summed E-state index contributed by atoms with van der Waals surface area (Å²) in [6.07, 6.45) is 1.28. The van der Waals surface area contributed by atoms with Gasteiger partial charge in [0.25, 0.3) is 0 Å². The van der Waals surface area contributed by atoms with Crippen molar-refractivity contribution in [3.05, 3.63) is 41.7 Å². The lowest BCUT2D eigenvalue weighted by Crippen LogP contribution is -2.37. The fourth-order valence-corrected chi connectivity index (χ4v) is 2.28. The largest absolute Gasteiger partial charge is 0.444 e. The van der Waals surface area contributed by atoms with Gasteiger partial charge >= 0.3 is 6.09 Å². The van der Waals surface area contributed by atoms with Crippen LogP contribution in [-0.2, 0) is 11.3 Å². The normalized spacial score (nSPS) is 11.2. The van der Waals surface area contributed by atoms with Crippen LogP contribution in [0, 0.1) is 11.3 Å². The van der Waals surface area contributed by atoms with Crippen LogP contribution in [0.15, 0.2) is 30.5 Å². The van der Waals surface area contributed by atoms with Gasteiger partial charge in [0, 0.05) is 19.6 Å². The average Bonchev–Trinajstić information content (AvgIpc) is 3.01. The molecule has 0 saturated heterocycles. The molecule has 0 radical (unpaired) electrons. The van der Waals surface area contributed by atoms with Crippen LogP contribution >= 0.6 is 0 Å². The van der Waals surface area contributed by atoms with E-state index in [1.54, 1.807) is 23.0 Å². The highest BCUT2D eigenvalue weighted by atomic mass is 16.6. The molecule has 0 bridgehead atoms. The Kier molecular flexibility index (Phi) is 6.31. The Morgan fingerprint density at radius 1 is 1.35 bits per heavy atom. The number of ether oxygens (including phenoxy) is 1. The molecule has 0 aliphatic heterocycles. The molecule has 8 nitrogen and oxygen atoms in total. The number of amides is 1. The minimum atomic E-state index is -0.505. The molecule has 138 valence electrons. The third-order valence-electron chi connectivity index (χ3n) is 3.45. The summed E-state index contributed by atoms with van der Waals surface area (Å²) in [6.45, 7) is 7.23. The maximum atomic E-state index is 11.6. The molecular formula is C18H24N6O2. The van der Waals surface area contributed by atoms with E-state index in [1.807, 2.05) is 40.0 Å². The lowest BCUT2D eigenvalue weighted by molar-refractivity contribution is 0.0523. The van der Waals surface area contributed by atoms with E-state index >= 15 is 0 Å². The number of carbonyl (C=O) groups excluding carboxylic acids is 1. The zero-order chi connectivity index (χ0) is 19.2. The Balaban J connectivity index is 1.88. The summed E-state index contributed by atoms with van der Waals surface area (Å²) >= 11 is 0. The Labute approximate surface area is 153 Å². The van der Waals surface area contributed by atoms with E-state index in [0.29, 0.717) is 25.2 Å². The minimum absolute atomic E-state index is 0.421. The summed E-state index contributed by atoms with van der Waals surface area (Å²) in [5.74, 6) is 0. The van der Waals surface area contributed by atoms with Gasteiger partial charge in [-0.2, -0.15) is 5.26 Å². The minimum Gasteiger partial charge on any atom is -0.444 e. The third kappa shape index (κ3) is 5.86. The first kappa shape index (κ1) is 19.4. The Hall–Kier alpha value is -2.92. The second-order valence-electron chi connectivity index (χ2n) is 6.96. The molecule has 1 aromatic carbocycles. The van der Waals surface area contributed by atoms with E-state index in [-0.39, 0.29) is 0 Å². The number of carbonyl (C=O) groups is 1. The Morgan fingerprint density at radius 2 is 2.04 bits per heavy atom. The van der Waals surface area contributed by atoms with E-state index in [9.17, 15) is 4.79 Å². The number of nitrogens with one attached hydrogen (secondary N) is 1. The standard InChI is InChI=1S/C18H24N6O2/c1-18(2,3)26-17(25)20-9-10-23(4)13-16-12-21-22-24(16)15-7-5-14(11-19)6-8-15/h5-8,12H,9-10,13H2,1-4H3,(H,20,25). The molecule has 1 N–H and O–H groups in total. The second-order valence-corrected chi connectivity index (χ2v) is 6.96. The summed E-state index contributed by atoms with van der Waals surface area (Å²) < 4.78 is 6.94. The van der Waals surface area contributed by atoms with E-state index in [2.05, 4.69) is 26.6 Å². The van der Waals surface area contributed by atoms with Gasteiger partial charge in [0.2, 0.25) is 0 Å². The van der Waals surface area contributed by atoms with Crippen LogP contribution < -0.4 is 5.32 Å². The number of rotatable bonds is 6. The monoisotopic (exact) mass is 356 g/mol. The van der Waals surface area contributed by atoms with Crippen LogP contribution in [0.1, 0.15) is 32.0 Å². The third-order valence-corrected chi connectivity index (χ3v) is 3.45. The zero-order valence-electron chi connectivity index (χ0n) is 15.6. The highest BCUT2D eigenvalue weighted by Gasteiger charge is 2.16. The van der Waals surface area contributed by atoms with Gasteiger partial charge < -0.3 is 10.1 Å². The van der Waals surface area contributed by atoms with Crippen molar-refractivity contribution >= 4 is 6.09 Å². The summed E-state index contributed by atoms with van der Waals surface area (Å²) in [6, 6.07) is 9.25. The molecule has 0 spiro atoms. The molecule has 0 fully saturated rings. The van der Waals surface area contributed by atoms with E-state index < -0.39 is 11.7 Å². The average molecular weight is 356 g/mol. The van der Waals surface area contributed by atoms with E-state index in [0.717, 1.165) is 11.4 Å². The van der Waals surface area contributed by atoms with Crippen molar-refractivity contribution < 1.29 is 9.53 Å². The first-order chi connectivity index (χ1) is 12.3. The number of hydrogen-bond acceptors (Lipinski definition) is 6. The van der Waals surface area contributed by atoms with Gasteiger partial charge in [-0.25, -0.2) is 9.48 Å². The molecule has 26 heavy (non-hydrogen) atoms. The fourth-order valence-electron chi connectivity index (χ4n) is 2.28. The first-order valence-corrected chi connectivity index (χ1v) is 8.34. The predicted octanol–water partition coefficient (Wildman–Crippen LogP) is 2.10. The molecule has 0 aliphatic rings. The zero-order valence-corrected chi connectivity index (χ0v) is 15.6. The van der Waals surface area contributed by atoms with Crippen LogP contribution in [0.5, 0.6) is 0 Å². The van der Waals surface area contributed by atoms with Crippen molar-refractivity contribution in [1.82, 2.24) is 25.2 Å². The smallest absolute Gasteiger partial charge is 0.407 e. The summed E-state index contributed by atoms with van der Waals surface area (Å²) in [7, 11) is 1.95. The lowest BCUT2D eigenvalue weighted by Gasteiger charge is -2.21. The van der Waals surface area contributed by atoms with E-state index in [1.165, 1.54) is 0 Å². The number of hydrogen-bond donors (Lipinski definition) is 1. The summed E-state index contributed by atoms with van der Waals surface area (Å²) in [5, 5.41) is 19.7. The molecule has 0 unspecified atom stereocenters. The molecule has 1 aromatic heterocycles. The van der Waals surface area contributed by atoms with Crippen LogP contribution in [0.25, 0.3) is 5.69 Å². The number of alkyl carbamates (subject to hydrolysis) is 1. The van der Waals surface area contributed by atoms with Gasteiger partial charge in [0.15, 0.2) is 0 Å². The number of nitrogens with zero attached hydrogens (tertiary/aromatic N) is 5. The van der Waals surface area contributed by atoms with Crippen molar-refractivity contribution in [2.45, 2.75) is 32.9 Å². The maximum Gasteiger partial charge on any atom is 0.407 e.